The van der Waals surface area contributed by atoms with Crippen molar-refractivity contribution in [2.75, 3.05) is 0 Å². The van der Waals surface area contributed by atoms with Gasteiger partial charge in [0.1, 0.15) is 0 Å². The predicted octanol–water partition coefficient (Wildman–Crippen LogP) is 7.81. The Kier molecular flexibility index (Phi) is 6.26. The molecule has 0 spiro atoms. The van der Waals surface area contributed by atoms with Crippen LogP contribution < -0.4 is 5.63 Å². The van der Waals surface area contributed by atoms with E-state index in [1.165, 1.54) is 33.4 Å². The zero-order valence-corrected chi connectivity index (χ0v) is 21.9. The van der Waals surface area contributed by atoms with Crippen LogP contribution in [-0.4, -0.2) is 0 Å². The molecule has 0 heterocycles. The van der Waals surface area contributed by atoms with Crippen molar-refractivity contribution in [3.8, 4) is 11.5 Å². The molecule has 0 aromatic heterocycles. The SMILES string of the molecule is Cc1cc(C)c([O][Zr]([O]c2c(C)cc(C)cc2C)([CH]2C=CC=C2)[CH]2C=CC=C2)c(C)c1. The third-order valence-electron chi connectivity index (χ3n) is 6.16. The summed E-state index contributed by atoms with van der Waals surface area (Å²) in [6.07, 6.45) is 17.6. The van der Waals surface area contributed by atoms with Crippen molar-refractivity contribution in [1.29, 1.82) is 0 Å². The van der Waals surface area contributed by atoms with Gasteiger partial charge in [0.25, 0.3) is 0 Å². The molecule has 0 fully saturated rings. The van der Waals surface area contributed by atoms with E-state index in [1.807, 2.05) is 0 Å². The van der Waals surface area contributed by atoms with Gasteiger partial charge in [-0.15, -0.1) is 0 Å². The molecule has 0 unspecified atom stereocenters. The van der Waals surface area contributed by atoms with Crippen molar-refractivity contribution in [2.45, 2.75) is 48.8 Å². The molecule has 2 aliphatic carbocycles. The molecule has 160 valence electrons. The monoisotopic (exact) mass is 490 g/mol. The Balaban J connectivity index is 1.90. The summed E-state index contributed by atoms with van der Waals surface area (Å²) in [4.78, 5) is 0. The summed E-state index contributed by atoms with van der Waals surface area (Å²) >= 11 is -3.94. The molecule has 2 nitrogen and oxygen atoms in total. The standard InChI is InChI=1S/2C9H12O.2C5H5.Zr/c2*1-6-4-7(2)9(10)8(3)5-6;2*1-2-4-5-3-1;/h2*4-5,10H,1-3H3;2*1-5H;/q;;;;+2/p-2. The van der Waals surface area contributed by atoms with Crippen molar-refractivity contribution >= 4 is 0 Å². The predicted molar refractivity (Wildman–Crippen MR) is 127 cm³/mol. The van der Waals surface area contributed by atoms with Crippen LogP contribution in [0.4, 0.5) is 0 Å². The van der Waals surface area contributed by atoms with Crippen LogP contribution in [0.3, 0.4) is 0 Å². The number of aryl methyl sites for hydroxylation is 6. The Labute approximate surface area is 192 Å². The summed E-state index contributed by atoms with van der Waals surface area (Å²) in [5.74, 6) is 1.98. The van der Waals surface area contributed by atoms with E-state index in [1.54, 1.807) is 0 Å². The van der Waals surface area contributed by atoms with Gasteiger partial charge in [0.2, 0.25) is 0 Å². The molecule has 2 aromatic rings. The summed E-state index contributed by atoms with van der Waals surface area (Å²) in [5.41, 5.74) is 7.23. The van der Waals surface area contributed by atoms with Crippen molar-refractivity contribution in [3.05, 3.63) is 106 Å². The van der Waals surface area contributed by atoms with Crippen molar-refractivity contribution in [2.24, 2.45) is 0 Å². The van der Waals surface area contributed by atoms with Crippen molar-refractivity contribution in [3.63, 3.8) is 0 Å². The fourth-order valence-corrected chi connectivity index (χ4v) is 14.3. The van der Waals surface area contributed by atoms with Gasteiger partial charge in [0, 0.05) is 0 Å². The maximum atomic E-state index is 7.21. The van der Waals surface area contributed by atoms with Crippen LogP contribution in [-0.2, 0) is 21.1 Å². The minimum atomic E-state index is -3.94. The number of rotatable bonds is 6. The first kappa shape index (κ1) is 22.1. The average Bonchev–Trinajstić information content (AvgIpc) is 3.40. The van der Waals surface area contributed by atoms with Crippen LogP contribution in [0.5, 0.6) is 11.5 Å². The molecule has 2 aliphatic rings. The molecule has 0 saturated heterocycles. The zero-order valence-electron chi connectivity index (χ0n) is 19.4. The van der Waals surface area contributed by atoms with Gasteiger partial charge in [-0.1, -0.05) is 0 Å². The molecule has 3 heteroatoms. The Bertz CT molecular complexity index is 960. The molecular formula is C28H32O2Zr. The van der Waals surface area contributed by atoms with Gasteiger partial charge >= 0.3 is 193 Å². The molecule has 4 rings (SSSR count). The summed E-state index contributed by atoms with van der Waals surface area (Å²) in [6.45, 7) is 12.9. The molecule has 0 N–H and O–H groups in total. The summed E-state index contributed by atoms with van der Waals surface area (Å²) in [5, 5.41) is 0. The van der Waals surface area contributed by atoms with Gasteiger partial charge < -0.3 is 0 Å². The number of hydrogen-bond donors (Lipinski definition) is 0. The second-order valence-electron chi connectivity index (χ2n) is 8.97. The molecule has 0 aliphatic heterocycles. The third-order valence-corrected chi connectivity index (χ3v) is 15.2. The molecule has 0 radical (unpaired) electrons. The Hall–Kier alpha value is -2.12. The van der Waals surface area contributed by atoms with Crippen LogP contribution in [0.1, 0.15) is 33.4 Å². The number of hydrogen-bond acceptors (Lipinski definition) is 2. The zero-order chi connectivity index (χ0) is 22.2. The van der Waals surface area contributed by atoms with Crippen LogP contribution in [0.25, 0.3) is 0 Å². The summed E-state index contributed by atoms with van der Waals surface area (Å²) in [7, 11) is 0. The van der Waals surface area contributed by atoms with Crippen LogP contribution in [0.2, 0.25) is 7.25 Å². The second-order valence-corrected chi connectivity index (χ2v) is 16.8. The van der Waals surface area contributed by atoms with Gasteiger partial charge in [0.05, 0.1) is 0 Å². The molecule has 0 atom stereocenters. The van der Waals surface area contributed by atoms with E-state index in [-0.39, 0.29) is 7.25 Å². The molecule has 0 saturated carbocycles. The van der Waals surface area contributed by atoms with Gasteiger partial charge in [0.15, 0.2) is 0 Å². The van der Waals surface area contributed by atoms with E-state index in [0.29, 0.717) is 0 Å². The normalized spacial score (nSPS) is 15.9. The summed E-state index contributed by atoms with van der Waals surface area (Å²) < 4.78 is 14.8. The maximum absolute atomic E-state index is 7.21. The first-order chi connectivity index (χ1) is 14.8. The van der Waals surface area contributed by atoms with E-state index in [2.05, 4.69) is 114 Å². The quantitative estimate of drug-likeness (QED) is 0.410. The first-order valence-electron chi connectivity index (χ1n) is 11.0. The first-order valence-corrected chi connectivity index (χ1v) is 15.9. The van der Waals surface area contributed by atoms with Gasteiger partial charge in [-0.05, 0) is 0 Å². The van der Waals surface area contributed by atoms with E-state index in [4.69, 9.17) is 5.63 Å². The Morgan fingerprint density at radius 2 is 0.806 bits per heavy atom. The van der Waals surface area contributed by atoms with E-state index < -0.39 is 21.1 Å². The van der Waals surface area contributed by atoms with E-state index >= 15 is 0 Å². The molecule has 0 bridgehead atoms. The van der Waals surface area contributed by atoms with Crippen LogP contribution in [0, 0.1) is 41.5 Å². The van der Waals surface area contributed by atoms with Crippen molar-refractivity contribution < 1.29 is 26.8 Å². The topological polar surface area (TPSA) is 18.5 Å². The average molecular weight is 492 g/mol. The number of allylic oxidation sites excluding steroid dienone is 8. The van der Waals surface area contributed by atoms with Crippen LogP contribution in [0.15, 0.2) is 72.9 Å². The number of benzene rings is 2. The molecule has 0 amide bonds. The fraction of sp³-hybridized carbons (Fsp3) is 0.286. The third kappa shape index (κ3) is 4.30. The van der Waals surface area contributed by atoms with Gasteiger partial charge in [-0.3, -0.25) is 0 Å². The molecule has 2 aromatic carbocycles. The molecular weight excluding hydrogens is 460 g/mol. The van der Waals surface area contributed by atoms with E-state index in [9.17, 15) is 0 Å². The molecule has 31 heavy (non-hydrogen) atoms. The van der Waals surface area contributed by atoms with Crippen LogP contribution >= 0.6 is 0 Å². The van der Waals surface area contributed by atoms with Gasteiger partial charge in [-0.25, -0.2) is 0 Å². The van der Waals surface area contributed by atoms with Gasteiger partial charge in [-0.2, -0.15) is 0 Å². The fourth-order valence-electron chi connectivity index (χ4n) is 4.89. The summed E-state index contributed by atoms with van der Waals surface area (Å²) in [6, 6.07) is 8.84. The Morgan fingerprint density at radius 3 is 1.10 bits per heavy atom. The van der Waals surface area contributed by atoms with Crippen molar-refractivity contribution in [1.82, 2.24) is 0 Å². The van der Waals surface area contributed by atoms with E-state index in [0.717, 1.165) is 11.5 Å². The second kappa shape index (κ2) is 8.79. The Morgan fingerprint density at radius 1 is 0.516 bits per heavy atom. The minimum absolute atomic E-state index is 0.187.